The lowest BCUT2D eigenvalue weighted by atomic mass is 10.2. The summed E-state index contributed by atoms with van der Waals surface area (Å²) >= 11 is 1.90. The Kier molecular flexibility index (Phi) is 2.76. The first-order chi connectivity index (χ1) is 6.42. The third-order valence-electron chi connectivity index (χ3n) is 2.23. The van der Waals surface area contributed by atoms with Crippen molar-refractivity contribution in [3.8, 4) is 0 Å². The number of hydrogen-bond acceptors (Lipinski definition) is 3. The second-order valence-corrected chi connectivity index (χ2v) is 4.23. The third-order valence-corrected chi connectivity index (χ3v) is 3.40. The van der Waals surface area contributed by atoms with Gasteiger partial charge in [-0.25, -0.2) is 0 Å². The van der Waals surface area contributed by atoms with Gasteiger partial charge in [-0.05, 0) is 30.0 Å². The van der Waals surface area contributed by atoms with E-state index < -0.39 is 0 Å². The Morgan fingerprint density at radius 3 is 2.92 bits per heavy atom. The maximum absolute atomic E-state index is 5.68. The second-order valence-electron chi connectivity index (χ2n) is 3.12. The molecular formula is C10H14N2S. The number of benzene rings is 1. The van der Waals surface area contributed by atoms with Gasteiger partial charge < -0.3 is 10.0 Å². The Labute approximate surface area is 83.2 Å². The first kappa shape index (κ1) is 8.91. The van der Waals surface area contributed by atoms with Crippen molar-refractivity contribution in [2.75, 3.05) is 16.6 Å². The fourth-order valence-corrected chi connectivity index (χ4v) is 2.62. The van der Waals surface area contributed by atoms with Crippen molar-refractivity contribution in [1.82, 2.24) is 0 Å². The summed E-state index contributed by atoms with van der Waals surface area (Å²) in [5, 5.41) is 0. The van der Waals surface area contributed by atoms with E-state index in [0.717, 1.165) is 6.54 Å². The van der Waals surface area contributed by atoms with Crippen molar-refractivity contribution in [1.29, 1.82) is 0 Å². The zero-order valence-electron chi connectivity index (χ0n) is 7.57. The molecule has 2 rings (SSSR count). The monoisotopic (exact) mass is 194 g/mol. The molecule has 1 heterocycles. The van der Waals surface area contributed by atoms with Gasteiger partial charge in [-0.2, -0.15) is 0 Å². The van der Waals surface area contributed by atoms with Gasteiger partial charge >= 0.3 is 0 Å². The number of nitrogens with zero attached hydrogens (tertiary/aromatic N) is 1. The first-order valence-corrected chi connectivity index (χ1v) is 5.54. The molecule has 70 valence electrons. The van der Waals surface area contributed by atoms with Crippen LogP contribution in [-0.4, -0.2) is 12.3 Å². The normalized spacial score (nSPS) is 16.5. The highest BCUT2D eigenvalue weighted by molar-refractivity contribution is 8.00. The van der Waals surface area contributed by atoms with Gasteiger partial charge in [-0.3, -0.25) is 0 Å². The Bertz CT molecular complexity index is 282. The maximum Gasteiger partial charge on any atom is 0.0514 e. The van der Waals surface area contributed by atoms with E-state index in [1.54, 1.807) is 0 Å². The standard InChI is InChI=1S/C10H14N2S/c11-8-9-4-1-2-5-10(9)12-6-3-7-13-12/h1-2,4-5H,3,6-8,11H2. The number of nitrogens with two attached hydrogens (primary N) is 1. The van der Waals surface area contributed by atoms with Gasteiger partial charge in [0.25, 0.3) is 0 Å². The average Bonchev–Trinajstić information content (AvgIpc) is 2.70. The van der Waals surface area contributed by atoms with Gasteiger partial charge in [0.1, 0.15) is 0 Å². The van der Waals surface area contributed by atoms with Crippen LogP contribution in [0.5, 0.6) is 0 Å². The van der Waals surface area contributed by atoms with E-state index in [2.05, 4.69) is 22.5 Å². The molecule has 1 saturated heterocycles. The SMILES string of the molecule is NCc1ccccc1N1CCCS1. The first-order valence-electron chi connectivity index (χ1n) is 4.60. The molecule has 2 nitrogen and oxygen atoms in total. The molecular weight excluding hydrogens is 180 g/mol. The van der Waals surface area contributed by atoms with Gasteiger partial charge in [0.2, 0.25) is 0 Å². The minimum Gasteiger partial charge on any atom is -0.326 e. The molecule has 0 unspecified atom stereocenters. The van der Waals surface area contributed by atoms with Crippen LogP contribution in [0.15, 0.2) is 24.3 Å². The van der Waals surface area contributed by atoms with Crippen molar-refractivity contribution in [3.05, 3.63) is 29.8 Å². The van der Waals surface area contributed by atoms with Crippen molar-refractivity contribution < 1.29 is 0 Å². The highest BCUT2D eigenvalue weighted by atomic mass is 32.2. The molecule has 1 aromatic rings. The van der Waals surface area contributed by atoms with E-state index >= 15 is 0 Å². The highest BCUT2D eigenvalue weighted by Crippen LogP contribution is 2.30. The molecule has 0 saturated carbocycles. The van der Waals surface area contributed by atoms with Gasteiger partial charge in [0.15, 0.2) is 0 Å². The van der Waals surface area contributed by atoms with Crippen LogP contribution in [-0.2, 0) is 6.54 Å². The predicted octanol–water partition coefficient (Wildman–Crippen LogP) is 2.00. The zero-order chi connectivity index (χ0) is 9.10. The van der Waals surface area contributed by atoms with Crippen LogP contribution in [0, 0.1) is 0 Å². The van der Waals surface area contributed by atoms with Crippen molar-refractivity contribution in [2.45, 2.75) is 13.0 Å². The van der Waals surface area contributed by atoms with Crippen LogP contribution < -0.4 is 10.0 Å². The predicted molar refractivity (Wildman–Crippen MR) is 58.8 cm³/mol. The van der Waals surface area contributed by atoms with E-state index in [9.17, 15) is 0 Å². The van der Waals surface area contributed by atoms with E-state index in [0.29, 0.717) is 6.54 Å². The second kappa shape index (κ2) is 4.03. The minimum absolute atomic E-state index is 0.632. The van der Waals surface area contributed by atoms with E-state index in [-0.39, 0.29) is 0 Å². The maximum atomic E-state index is 5.68. The summed E-state index contributed by atoms with van der Waals surface area (Å²) in [7, 11) is 0. The summed E-state index contributed by atoms with van der Waals surface area (Å²) in [5.74, 6) is 1.24. The number of para-hydroxylation sites is 1. The van der Waals surface area contributed by atoms with Crippen molar-refractivity contribution >= 4 is 17.6 Å². The van der Waals surface area contributed by atoms with E-state index in [4.69, 9.17) is 5.73 Å². The average molecular weight is 194 g/mol. The van der Waals surface area contributed by atoms with Gasteiger partial charge in [0, 0.05) is 18.8 Å². The van der Waals surface area contributed by atoms with E-state index in [1.165, 1.54) is 23.4 Å². The molecule has 0 amide bonds. The molecule has 0 aliphatic carbocycles. The van der Waals surface area contributed by atoms with Crippen LogP contribution in [0.2, 0.25) is 0 Å². The lowest BCUT2D eigenvalue weighted by Gasteiger charge is -2.18. The van der Waals surface area contributed by atoms with E-state index in [1.807, 2.05) is 18.0 Å². The number of hydrogen-bond donors (Lipinski definition) is 1. The molecule has 0 spiro atoms. The van der Waals surface area contributed by atoms with Gasteiger partial charge in [0.05, 0.1) is 5.69 Å². The summed E-state index contributed by atoms with van der Waals surface area (Å²) in [6.45, 7) is 1.79. The Morgan fingerprint density at radius 2 is 2.23 bits per heavy atom. The Balaban J connectivity index is 2.26. The van der Waals surface area contributed by atoms with Crippen LogP contribution in [0.1, 0.15) is 12.0 Å². The van der Waals surface area contributed by atoms with Crippen LogP contribution in [0.25, 0.3) is 0 Å². The zero-order valence-corrected chi connectivity index (χ0v) is 8.39. The molecule has 13 heavy (non-hydrogen) atoms. The summed E-state index contributed by atoms with van der Waals surface area (Å²) < 4.78 is 2.35. The largest absolute Gasteiger partial charge is 0.326 e. The Morgan fingerprint density at radius 1 is 1.38 bits per heavy atom. The molecule has 2 N–H and O–H groups in total. The van der Waals surface area contributed by atoms with Gasteiger partial charge in [-0.15, -0.1) is 0 Å². The van der Waals surface area contributed by atoms with Gasteiger partial charge in [-0.1, -0.05) is 18.2 Å². The fraction of sp³-hybridized carbons (Fsp3) is 0.400. The quantitative estimate of drug-likeness (QED) is 0.730. The Hall–Kier alpha value is -0.670. The smallest absolute Gasteiger partial charge is 0.0514 e. The highest BCUT2D eigenvalue weighted by Gasteiger charge is 2.15. The molecule has 0 bridgehead atoms. The molecule has 0 atom stereocenters. The van der Waals surface area contributed by atoms with Crippen LogP contribution in [0.3, 0.4) is 0 Å². The molecule has 1 aliphatic heterocycles. The minimum atomic E-state index is 0.632. The number of anilines is 1. The fourth-order valence-electron chi connectivity index (χ4n) is 1.56. The van der Waals surface area contributed by atoms with Crippen LogP contribution >= 0.6 is 11.9 Å². The summed E-state index contributed by atoms with van der Waals surface area (Å²) in [4.78, 5) is 0. The summed E-state index contributed by atoms with van der Waals surface area (Å²) in [6, 6.07) is 8.38. The van der Waals surface area contributed by atoms with Crippen molar-refractivity contribution in [3.63, 3.8) is 0 Å². The number of rotatable bonds is 2. The lowest BCUT2D eigenvalue weighted by Crippen LogP contribution is -2.12. The molecule has 3 heteroatoms. The molecule has 1 aromatic carbocycles. The lowest BCUT2D eigenvalue weighted by molar-refractivity contribution is 0.972. The topological polar surface area (TPSA) is 29.3 Å². The summed E-state index contributed by atoms with van der Waals surface area (Å²) in [5.41, 5.74) is 8.23. The summed E-state index contributed by atoms with van der Waals surface area (Å²) in [6.07, 6.45) is 1.28. The van der Waals surface area contributed by atoms with Crippen molar-refractivity contribution in [2.24, 2.45) is 5.73 Å². The molecule has 1 aliphatic rings. The molecule has 1 fully saturated rings. The third kappa shape index (κ3) is 1.81. The molecule has 0 aromatic heterocycles. The van der Waals surface area contributed by atoms with Crippen LogP contribution in [0.4, 0.5) is 5.69 Å². The molecule has 0 radical (unpaired) electrons.